The van der Waals surface area contributed by atoms with Crippen molar-refractivity contribution in [2.75, 3.05) is 19.0 Å². The number of hydrogen-bond donors (Lipinski definition) is 3. The van der Waals surface area contributed by atoms with Gasteiger partial charge in [-0.1, -0.05) is 17.7 Å². The van der Waals surface area contributed by atoms with E-state index in [1.807, 2.05) is 0 Å². The van der Waals surface area contributed by atoms with Gasteiger partial charge in [-0.25, -0.2) is 23.9 Å². The van der Waals surface area contributed by atoms with Crippen LogP contribution in [-0.4, -0.2) is 62.9 Å². The molecular weight excluding hydrogens is 471 g/mol. The van der Waals surface area contributed by atoms with Gasteiger partial charge in [-0.3, -0.25) is 4.90 Å². The minimum absolute atomic E-state index is 0.0107. The van der Waals surface area contributed by atoms with Crippen molar-refractivity contribution in [3.05, 3.63) is 47.5 Å². The van der Waals surface area contributed by atoms with Gasteiger partial charge in [0.1, 0.15) is 24.3 Å². The monoisotopic (exact) mass is 490 g/mol. The summed E-state index contributed by atoms with van der Waals surface area (Å²) in [5.41, 5.74) is 0.615. The van der Waals surface area contributed by atoms with Gasteiger partial charge < -0.3 is 25.0 Å². The van der Waals surface area contributed by atoms with E-state index in [9.17, 15) is 24.2 Å². The fourth-order valence-electron chi connectivity index (χ4n) is 3.83. The Morgan fingerprint density at radius 3 is 2.74 bits per heavy atom. The fourth-order valence-corrected chi connectivity index (χ4v) is 4.00. The van der Waals surface area contributed by atoms with Crippen molar-refractivity contribution in [1.82, 2.24) is 14.9 Å². The van der Waals surface area contributed by atoms with E-state index in [1.165, 1.54) is 25.6 Å². The van der Waals surface area contributed by atoms with Crippen LogP contribution >= 0.6 is 11.6 Å². The molecule has 2 heterocycles. The van der Waals surface area contributed by atoms with Crippen molar-refractivity contribution in [3.8, 4) is 11.5 Å². The molecule has 2 atom stereocenters. The highest BCUT2D eigenvalue weighted by Gasteiger charge is 2.37. The predicted octanol–water partition coefficient (Wildman–Crippen LogP) is 4.15. The molecule has 0 spiro atoms. The molecule has 34 heavy (non-hydrogen) atoms. The largest absolute Gasteiger partial charge is 0.493 e. The van der Waals surface area contributed by atoms with Gasteiger partial charge >= 0.3 is 12.1 Å². The zero-order chi connectivity index (χ0) is 24.4. The molecule has 4 rings (SSSR count). The predicted molar refractivity (Wildman–Crippen MR) is 121 cm³/mol. The second-order valence-electron chi connectivity index (χ2n) is 7.56. The molecule has 0 unspecified atom stereocenters. The molecule has 0 aliphatic carbocycles. The summed E-state index contributed by atoms with van der Waals surface area (Å²) in [6.07, 6.45) is -0.301. The third-order valence-corrected chi connectivity index (χ3v) is 5.80. The molecule has 0 radical (unpaired) electrons. The number of piperidine rings is 1. The van der Waals surface area contributed by atoms with Crippen molar-refractivity contribution in [3.63, 3.8) is 0 Å². The number of fused-ring (bicyclic) bond motifs is 1. The molecule has 1 amide bonds. The number of benzene rings is 2. The van der Waals surface area contributed by atoms with E-state index in [1.54, 1.807) is 18.2 Å². The molecule has 1 aromatic heterocycles. The number of carboxylic acid groups (broad SMARTS) is 2. The van der Waals surface area contributed by atoms with E-state index >= 15 is 0 Å². The number of hydrogen-bond acceptors (Lipinski definition) is 7. The van der Waals surface area contributed by atoms with Crippen LogP contribution in [0.2, 0.25) is 5.02 Å². The van der Waals surface area contributed by atoms with Crippen LogP contribution in [0.25, 0.3) is 10.9 Å². The lowest BCUT2D eigenvalue weighted by atomic mass is 9.99. The van der Waals surface area contributed by atoms with Crippen molar-refractivity contribution < 1.29 is 33.7 Å². The molecule has 1 aliphatic heterocycles. The molecule has 2 aromatic carbocycles. The van der Waals surface area contributed by atoms with Gasteiger partial charge in [0.2, 0.25) is 0 Å². The maximum absolute atomic E-state index is 14.4. The third-order valence-electron chi connectivity index (χ3n) is 5.50. The van der Waals surface area contributed by atoms with E-state index in [2.05, 4.69) is 15.3 Å². The van der Waals surface area contributed by atoms with Crippen LogP contribution in [-0.2, 0) is 4.79 Å². The first-order valence-corrected chi connectivity index (χ1v) is 10.6. The van der Waals surface area contributed by atoms with Gasteiger partial charge in [-0.2, -0.15) is 0 Å². The number of methoxy groups -OCH3 is 1. The standard InChI is InChI=1S/C22H20ClFN4O6/c1-33-17-9-15-12(20(26-10-25-15)27-14-4-2-3-13(23)19(14)24)8-18(17)34-11-5-6-28(22(31)32)16(7-11)21(29)30/h2-4,8-11,16H,5-7H2,1H3,(H,29,30)(H,31,32)(H,25,26,27)/t11-,16-/m0/s1. The van der Waals surface area contributed by atoms with Crippen LogP contribution in [0.3, 0.4) is 0 Å². The summed E-state index contributed by atoms with van der Waals surface area (Å²) in [6.45, 7) is 0.0107. The summed E-state index contributed by atoms with van der Waals surface area (Å²) in [5, 5.41) is 22.1. The smallest absolute Gasteiger partial charge is 0.408 e. The average molecular weight is 491 g/mol. The Kier molecular flexibility index (Phi) is 6.55. The topological polar surface area (TPSA) is 134 Å². The number of carboxylic acids is 1. The number of ether oxygens (including phenoxy) is 2. The summed E-state index contributed by atoms with van der Waals surface area (Å²) in [6, 6.07) is 6.53. The first-order chi connectivity index (χ1) is 16.3. The van der Waals surface area contributed by atoms with E-state index < -0.39 is 30.0 Å². The van der Waals surface area contributed by atoms with Gasteiger partial charge in [-0.05, 0) is 18.2 Å². The number of nitrogens with zero attached hydrogens (tertiary/aromatic N) is 3. The molecule has 1 saturated heterocycles. The number of nitrogens with one attached hydrogen (secondary N) is 1. The Hall–Kier alpha value is -3.86. The molecule has 178 valence electrons. The van der Waals surface area contributed by atoms with Crippen molar-refractivity contribution in [1.29, 1.82) is 0 Å². The van der Waals surface area contributed by atoms with Crippen LogP contribution in [0.1, 0.15) is 12.8 Å². The molecule has 0 bridgehead atoms. The van der Waals surface area contributed by atoms with Crippen LogP contribution in [0.15, 0.2) is 36.7 Å². The van der Waals surface area contributed by atoms with Crippen LogP contribution < -0.4 is 14.8 Å². The number of halogens is 2. The summed E-state index contributed by atoms with van der Waals surface area (Å²) >= 11 is 5.87. The zero-order valence-electron chi connectivity index (χ0n) is 17.9. The lowest BCUT2D eigenvalue weighted by molar-refractivity contribution is -0.145. The molecular formula is C22H20ClFN4O6. The average Bonchev–Trinajstić information content (AvgIpc) is 2.81. The number of rotatable bonds is 6. The van der Waals surface area contributed by atoms with E-state index in [-0.39, 0.29) is 29.4 Å². The van der Waals surface area contributed by atoms with Gasteiger partial charge in [0.25, 0.3) is 0 Å². The number of anilines is 2. The molecule has 1 fully saturated rings. The van der Waals surface area contributed by atoms with Crippen molar-refractivity contribution in [2.24, 2.45) is 0 Å². The van der Waals surface area contributed by atoms with Gasteiger partial charge in [0.05, 0.1) is 23.3 Å². The van der Waals surface area contributed by atoms with Crippen LogP contribution in [0.4, 0.5) is 20.7 Å². The number of likely N-dealkylation sites (tertiary alicyclic amines) is 1. The van der Waals surface area contributed by atoms with E-state index in [0.717, 1.165) is 4.90 Å². The van der Waals surface area contributed by atoms with E-state index in [0.29, 0.717) is 28.9 Å². The second kappa shape index (κ2) is 9.56. The molecule has 3 N–H and O–H groups in total. The number of aromatic nitrogens is 2. The lowest BCUT2D eigenvalue weighted by Gasteiger charge is -2.35. The van der Waals surface area contributed by atoms with Crippen molar-refractivity contribution >= 4 is 46.1 Å². The van der Waals surface area contributed by atoms with E-state index in [4.69, 9.17) is 21.1 Å². The van der Waals surface area contributed by atoms with Gasteiger partial charge in [-0.15, -0.1) is 0 Å². The number of aliphatic carboxylic acids is 1. The minimum Gasteiger partial charge on any atom is -0.493 e. The molecule has 10 nitrogen and oxygen atoms in total. The number of carbonyl (C=O) groups is 2. The molecule has 3 aromatic rings. The normalized spacial score (nSPS) is 17.9. The third kappa shape index (κ3) is 4.60. The summed E-state index contributed by atoms with van der Waals surface area (Å²) in [4.78, 5) is 32.3. The first kappa shape index (κ1) is 23.3. The quantitative estimate of drug-likeness (QED) is 0.465. The second-order valence-corrected chi connectivity index (χ2v) is 7.97. The fraction of sp³-hybridized carbons (Fsp3) is 0.273. The van der Waals surface area contributed by atoms with Crippen molar-refractivity contribution in [2.45, 2.75) is 25.0 Å². The number of amides is 1. The highest BCUT2D eigenvalue weighted by atomic mass is 35.5. The van der Waals surface area contributed by atoms with Crippen LogP contribution in [0, 0.1) is 5.82 Å². The SMILES string of the molecule is COc1cc2ncnc(Nc3cccc(Cl)c3F)c2cc1O[C@H]1CCN(C(=O)O)[C@H](C(=O)O)C1. The van der Waals surface area contributed by atoms with Gasteiger partial charge in [0, 0.05) is 30.8 Å². The Balaban J connectivity index is 1.66. The Labute approximate surface area is 197 Å². The summed E-state index contributed by atoms with van der Waals surface area (Å²) in [7, 11) is 1.45. The minimum atomic E-state index is -1.30. The van der Waals surface area contributed by atoms with Gasteiger partial charge in [0.15, 0.2) is 17.3 Å². The molecule has 1 aliphatic rings. The van der Waals surface area contributed by atoms with Crippen LogP contribution in [0.5, 0.6) is 11.5 Å². The summed E-state index contributed by atoms with van der Waals surface area (Å²) in [5.74, 6) is -0.950. The highest BCUT2D eigenvalue weighted by molar-refractivity contribution is 6.31. The zero-order valence-corrected chi connectivity index (χ0v) is 18.6. The Morgan fingerprint density at radius 2 is 2.03 bits per heavy atom. The lowest BCUT2D eigenvalue weighted by Crippen LogP contribution is -2.51. The maximum Gasteiger partial charge on any atom is 0.408 e. The maximum atomic E-state index is 14.4. The Bertz CT molecular complexity index is 1260. The Morgan fingerprint density at radius 1 is 1.24 bits per heavy atom. The summed E-state index contributed by atoms with van der Waals surface area (Å²) < 4.78 is 25.9. The molecule has 0 saturated carbocycles. The molecule has 12 heteroatoms. The first-order valence-electron chi connectivity index (χ1n) is 10.2. The highest BCUT2D eigenvalue weighted by Crippen LogP contribution is 2.37.